The highest BCUT2D eigenvalue weighted by Crippen LogP contribution is 2.00. The SMILES string of the molecule is NCCCC[C@H](N)C(=O)OC[C@H](N)C(=O)OC[C@H](N)C(=O)O. The van der Waals surface area contributed by atoms with Crippen molar-refractivity contribution in [1.29, 1.82) is 0 Å². The van der Waals surface area contributed by atoms with E-state index in [0.29, 0.717) is 19.4 Å². The summed E-state index contributed by atoms with van der Waals surface area (Å²) in [7, 11) is 0. The van der Waals surface area contributed by atoms with Crippen molar-refractivity contribution in [1.82, 2.24) is 0 Å². The van der Waals surface area contributed by atoms with E-state index in [1.165, 1.54) is 0 Å². The molecule has 0 rings (SSSR count). The van der Waals surface area contributed by atoms with Crippen LogP contribution in [0.4, 0.5) is 0 Å². The van der Waals surface area contributed by atoms with Gasteiger partial charge in [0.1, 0.15) is 31.3 Å². The van der Waals surface area contributed by atoms with Gasteiger partial charge < -0.3 is 37.5 Å². The zero-order valence-electron chi connectivity index (χ0n) is 12.3. The molecule has 0 aromatic rings. The van der Waals surface area contributed by atoms with Crippen LogP contribution in [-0.4, -0.2) is 60.9 Å². The maximum atomic E-state index is 11.5. The highest BCUT2D eigenvalue weighted by atomic mass is 16.6. The first-order chi connectivity index (χ1) is 10.3. The molecule has 0 saturated carbocycles. The molecule has 3 atom stereocenters. The molecule has 9 N–H and O–H groups in total. The fourth-order valence-electron chi connectivity index (χ4n) is 1.32. The van der Waals surface area contributed by atoms with Crippen molar-refractivity contribution < 1.29 is 29.0 Å². The summed E-state index contributed by atoms with van der Waals surface area (Å²) in [4.78, 5) is 33.4. The number of carbonyl (C=O) groups excluding carboxylic acids is 2. The third kappa shape index (κ3) is 8.52. The molecule has 0 heterocycles. The van der Waals surface area contributed by atoms with Crippen molar-refractivity contribution in [2.75, 3.05) is 19.8 Å². The first-order valence-corrected chi connectivity index (χ1v) is 6.82. The number of carboxylic acids is 1. The minimum absolute atomic E-state index is 0.412. The number of carbonyl (C=O) groups is 3. The molecule has 0 fully saturated rings. The average Bonchev–Trinajstić information content (AvgIpc) is 2.49. The molecule has 0 aliphatic rings. The van der Waals surface area contributed by atoms with E-state index < -0.39 is 49.2 Å². The summed E-state index contributed by atoms with van der Waals surface area (Å²) in [6.07, 6.45) is 1.85. The molecule has 0 aromatic carbocycles. The Morgan fingerprint density at radius 2 is 1.36 bits per heavy atom. The van der Waals surface area contributed by atoms with Crippen LogP contribution in [0.15, 0.2) is 0 Å². The number of rotatable bonds is 11. The van der Waals surface area contributed by atoms with Crippen LogP contribution in [0.3, 0.4) is 0 Å². The number of unbranched alkanes of at least 4 members (excludes halogenated alkanes) is 1. The number of hydrogen-bond donors (Lipinski definition) is 5. The predicted molar refractivity (Wildman–Crippen MR) is 76.4 cm³/mol. The summed E-state index contributed by atoms with van der Waals surface area (Å²) in [5, 5.41) is 8.52. The Hall–Kier alpha value is -1.75. The van der Waals surface area contributed by atoms with Crippen LogP contribution < -0.4 is 22.9 Å². The van der Waals surface area contributed by atoms with Gasteiger partial charge in [-0.15, -0.1) is 0 Å². The number of carboxylic acid groups (broad SMARTS) is 1. The van der Waals surface area contributed by atoms with E-state index in [1.807, 2.05) is 0 Å². The van der Waals surface area contributed by atoms with E-state index in [-0.39, 0.29) is 0 Å². The molecule has 0 unspecified atom stereocenters. The molecule has 10 heteroatoms. The fraction of sp³-hybridized carbons (Fsp3) is 0.750. The minimum Gasteiger partial charge on any atom is -0.480 e. The summed E-state index contributed by atoms with van der Waals surface area (Å²) >= 11 is 0. The maximum absolute atomic E-state index is 11.5. The van der Waals surface area contributed by atoms with E-state index in [0.717, 1.165) is 6.42 Å². The number of esters is 2. The van der Waals surface area contributed by atoms with Crippen molar-refractivity contribution in [2.24, 2.45) is 22.9 Å². The van der Waals surface area contributed by atoms with Crippen LogP contribution in [0.1, 0.15) is 19.3 Å². The molecule has 0 aliphatic heterocycles. The number of hydrogen-bond acceptors (Lipinski definition) is 9. The molecule has 0 spiro atoms. The lowest BCUT2D eigenvalue weighted by molar-refractivity contribution is -0.153. The zero-order valence-corrected chi connectivity index (χ0v) is 12.3. The van der Waals surface area contributed by atoms with E-state index in [4.69, 9.17) is 32.8 Å². The summed E-state index contributed by atoms with van der Waals surface area (Å²) in [6.45, 7) is -0.421. The van der Waals surface area contributed by atoms with Gasteiger partial charge in [0.05, 0.1) is 0 Å². The average molecular weight is 320 g/mol. The summed E-state index contributed by atoms with van der Waals surface area (Å²) in [6, 6.07) is -3.38. The quantitative estimate of drug-likeness (QED) is 0.197. The molecule has 128 valence electrons. The lowest BCUT2D eigenvalue weighted by Gasteiger charge is -2.15. The van der Waals surface area contributed by atoms with Crippen molar-refractivity contribution in [3.05, 3.63) is 0 Å². The van der Waals surface area contributed by atoms with Crippen molar-refractivity contribution in [2.45, 2.75) is 37.4 Å². The second-order valence-electron chi connectivity index (χ2n) is 4.70. The Labute approximate surface area is 128 Å². The smallest absolute Gasteiger partial charge is 0.326 e. The summed E-state index contributed by atoms with van der Waals surface area (Å²) in [5.41, 5.74) is 21.5. The van der Waals surface area contributed by atoms with Gasteiger partial charge in [-0.1, -0.05) is 6.42 Å². The maximum Gasteiger partial charge on any atom is 0.326 e. The molecular formula is C12H24N4O6. The lowest BCUT2D eigenvalue weighted by atomic mass is 10.1. The molecule has 0 saturated heterocycles. The molecule has 0 amide bonds. The summed E-state index contributed by atoms with van der Waals surface area (Å²) in [5.74, 6) is -2.90. The van der Waals surface area contributed by atoms with Crippen LogP contribution in [0.2, 0.25) is 0 Å². The summed E-state index contributed by atoms with van der Waals surface area (Å²) < 4.78 is 9.40. The van der Waals surface area contributed by atoms with E-state index in [1.54, 1.807) is 0 Å². The van der Waals surface area contributed by atoms with Crippen molar-refractivity contribution in [3.63, 3.8) is 0 Å². The Bertz CT molecular complexity index is 379. The van der Waals surface area contributed by atoms with Crippen molar-refractivity contribution >= 4 is 17.9 Å². The van der Waals surface area contributed by atoms with E-state index in [2.05, 4.69) is 4.74 Å². The monoisotopic (exact) mass is 320 g/mol. The normalized spacial score (nSPS) is 14.7. The molecule has 0 bridgehead atoms. The van der Waals surface area contributed by atoms with Crippen LogP contribution in [0, 0.1) is 0 Å². The zero-order chi connectivity index (χ0) is 17.1. The van der Waals surface area contributed by atoms with Gasteiger partial charge >= 0.3 is 17.9 Å². The number of aliphatic carboxylic acids is 1. The topological polar surface area (TPSA) is 194 Å². The highest BCUT2D eigenvalue weighted by Gasteiger charge is 2.22. The predicted octanol–water partition coefficient (Wildman–Crippen LogP) is -2.73. The Kier molecular flexibility index (Phi) is 10.0. The van der Waals surface area contributed by atoms with Gasteiger partial charge in [-0.25, -0.2) is 0 Å². The van der Waals surface area contributed by atoms with Crippen molar-refractivity contribution in [3.8, 4) is 0 Å². The molecule has 0 aliphatic carbocycles. The molecular weight excluding hydrogens is 296 g/mol. The minimum atomic E-state index is -1.34. The van der Waals surface area contributed by atoms with Crippen LogP contribution in [0.25, 0.3) is 0 Å². The number of nitrogens with two attached hydrogens (primary N) is 4. The third-order valence-electron chi connectivity index (χ3n) is 2.70. The molecule has 10 nitrogen and oxygen atoms in total. The van der Waals surface area contributed by atoms with E-state index in [9.17, 15) is 14.4 Å². The van der Waals surface area contributed by atoms with Crippen LogP contribution in [0.5, 0.6) is 0 Å². The van der Waals surface area contributed by atoms with Gasteiger partial charge in [-0.2, -0.15) is 0 Å². The Balaban J connectivity index is 4.00. The molecule has 0 aromatic heterocycles. The van der Waals surface area contributed by atoms with Crippen LogP contribution >= 0.6 is 0 Å². The van der Waals surface area contributed by atoms with Gasteiger partial charge in [-0.3, -0.25) is 14.4 Å². The number of ether oxygens (including phenoxy) is 2. The largest absolute Gasteiger partial charge is 0.480 e. The first kappa shape index (κ1) is 20.2. The second kappa shape index (κ2) is 10.9. The van der Waals surface area contributed by atoms with Gasteiger partial charge in [0.25, 0.3) is 0 Å². The van der Waals surface area contributed by atoms with E-state index >= 15 is 0 Å². The lowest BCUT2D eigenvalue weighted by Crippen LogP contribution is -2.43. The highest BCUT2D eigenvalue weighted by molar-refractivity contribution is 5.79. The van der Waals surface area contributed by atoms with Gasteiger partial charge in [-0.05, 0) is 19.4 Å². The molecule has 22 heavy (non-hydrogen) atoms. The standard InChI is InChI=1S/C12H24N4O6/c13-4-2-1-3-7(14)11(19)22-6-9(16)12(20)21-5-8(15)10(17)18/h7-9H,1-6,13-16H2,(H,17,18)/t7-,8-,9-/m0/s1. The second-order valence-corrected chi connectivity index (χ2v) is 4.70. The third-order valence-corrected chi connectivity index (χ3v) is 2.70. The van der Waals surface area contributed by atoms with Crippen LogP contribution in [-0.2, 0) is 23.9 Å². The van der Waals surface area contributed by atoms with Gasteiger partial charge in [0, 0.05) is 0 Å². The van der Waals surface area contributed by atoms with Gasteiger partial charge in [0.15, 0.2) is 0 Å². The fourth-order valence-corrected chi connectivity index (χ4v) is 1.32. The Morgan fingerprint density at radius 3 is 1.86 bits per heavy atom. The molecule has 0 radical (unpaired) electrons. The Morgan fingerprint density at radius 1 is 0.864 bits per heavy atom. The van der Waals surface area contributed by atoms with Gasteiger partial charge in [0.2, 0.25) is 0 Å². The first-order valence-electron chi connectivity index (χ1n) is 6.82.